The molecule has 2 N–H and O–H groups in total. The topological polar surface area (TPSA) is 35.5 Å². The monoisotopic (exact) mass is 226 g/mol. The average Bonchev–Trinajstić information content (AvgIpc) is 2.28. The van der Waals surface area contributed by atoms with E-state index in [1.807, 2.05) is 21.0 Å². The minimum absolute atomic E-state index is 0.0101. The van der Waals surface area contributed by atoms with Gasteiger partial charge >= 0.3 is 0 Å². The van der Waals surface area contributed by atoms with E-state index in [0.29, 0.717) is 5.56 Å². The number of aromatic hydroxyl groups is 1. The summed E-state index contributed by atoms with van der Waals surface area (Å²) in [7, 11) is 3.84. The SMILES string of the molecule is CNCCN(C)C(C)c1cc(F)ccc1O. The molecule has 1 atom stereocenters. The maximum absolute atomic E-state index is 13.1. The van der Waals surface area contributed by atoms with Crippen LogP contribution < -0.4 is 5.32 Å². The number of halogens is 1. The molecule has 0 fully saturated rings. The van der Waals surface area contributed by atoms with E-state index in [1.165, 1.54) is 18.2 Å². The van der Waals surface area contributed by atoms with Crippen molar-refractivity contribution in [1.29, 1.82) is 0 Å². The number of nitrogens with zero attached hydrogens (tertiary/aromatic N) is 1. The molecule has 0 aliphatic carbocycles. The van der Waals surface area contributed by atoms with Crippen molar-refractivity contribution in [3.8, 4) is 5.75 Å². The Labute approximate surface area is 95.9 Å². The predicted octanol–water partition coefficient (Wildman–Crippen LogP) is 1.74. The molecule has 0 radical (unpaired) electrons. The molecule has 90 valence electrons. The summed E-state index contributed by atoms with van der Waals surface area (Å²) in [6, 6.07) is 4.03. The summed E-state index contributed by atoms with van der Waals surface area (Å²) in [5.74, 6) is -0.174. The highest BCUT2D eigenvalue weighted by molar-refractivity contribution is 5.34. The Morgan fingerprint density at radius 2 is 2.19 bits per heavy atom. The third-order valence-electron chi connectivity index (χ3n) is 2.82. The van der Waals surface area contributed by atoms with Gasteiger partial charge in [0.15, 0.2) is 0 Å². The lowest BCUT2D eigenvalue weighted by molar-refractivity contribution is 0.257. The van der Waals surface area contributed by atoms with E-state index in [1.54, 1.807) is 0 Å². The third kappa shape index (κ3) is 3.18. The van der Waals surface area contributed by atoms with Crippen molar-refractivity contribution < 1.29 is 9.50 Å². The van der Waals surface area contributed by atoms with Crippen molar-refractivity contribution in [2.24, 2.45) is 0 Å². The molecule has 1 aromatic rings. The van der Waals surface area contributed by atoms with E-state index in [4.69, 9.17) is 0 Å². The van der Waals surface area contributed by atoms with Crippen LogP contribution in [0, 0.1) is 5.82 Å². The van der Waals surface area contributed by atoms with E-state index in [0.717, 1.165) is 13.1 Å². The maximum Gasteiger partial charge on any atom is 0.123 e. The van der Waals surface area contributed by atoms with Crippen LogP contribution in [0.1, 0.15) is 18.5 Å². The number of hydrogen-bond acceptors (Lipinski definition) is 3. The summed E-state index contributed by atoms with van der Waals surface area (Å²) in [6.45, 7) is 3.65. The summed E-state index contributed by atoms with van der Waals surface area (Å²) in [5, 5.41) is 12.7. The van der Waals surface area contributed by atoms with Crippen molar-refractivity contribution in [1.82, 2.24) is 10.2 Å². The first-order valence-electron chi connectivity index (χ1n) is 5.39. The molecular weight excluding hydrogens is 207 g/mol. The lowest BCUT2D eigenvalue weighted by atomic mass is 10.1. The van der Waals surface area contributed by atoms with E-state index < -0.39 is 0 Å². The Balaban J connectivity index is 2.78. The fourth-order valence-electron chi connectivity index (χ4n) is 1.58. The van der Waals surface area contributed by atoms with Crippen LogP contribution in [0.2, 0.25) is 0 Å². The zero-order valence-corrected chi connectivity index (χ0v) is 10.00. The van der Waals surface area contributed by atoms with Crippen molar-refractivity contribution >= 4 is 0 Å². The molecular formula is C12H19FN2O. The third-order valence-corrected chi connectivity index (χ3v) is 2.82. The van der Waals surface area contributed by atoms with E-state index in [9.17, 15) is 9.50 Å². The fraction of sp³-hybridized carbons (Fsp3) is 0.500. The summed E-state index contributed by atoms with van der Waals surface area (Å²) >= 11 is 0. The summed E-state index contributed by atoms with van der Waals surface area (Å²) < 4.78 is 13.1. The van der Waals surface area contributed by atoms with Crippen LogP contribution in [-0.2, 0) is 0 Å². The van der Waals surface area contributed by atoms with Gasteiger partial charge in [0, 0.05) is 24.7 Å². The van der Waals surface area contributed by atoms with Gasteiger partial charge in [-0.05, 0) is 39.2 Å². The Kier molecular flexibility index (Phi) is 4.71. The fourth-order valence-corrected chi connectivity index (χ4v) is 1.58. The number of phenolic OH excluding ortho intramolecular Hbond substituents is 1. The molecule has 0 aliphatic rings. The molecule has 16 heavy (non-hydrogen) atoms. The molecule has 0 bridgehead atoms. The van der Waals surface area contributed by atoms with Gasteiger partial charge in [-0.1, -0.05) is 0 Å². The van der Waals surface area contributed by atoms with Crippen LogP contribution in [0.3, 0.4) is 0 Å². The van der Waals surface area contributed by atoms with Crippen LogP contribution in [-0.4, -0.2) is 37.2 Å². The van der Waals surface area contributed by atoms with Gasteiger partial charge in [0.1, 0.15) is 11.6 Å². The Morgan fingerprint density at radius 3 is 2.81 bits per heavy atom. The largest absolute Gasteiger partial charge is 0.508 e. The van der Waals surface area contributed by atoms with Gasteiger partial charge in [0.25, 0.3) is 0 Å². The number of nitrogens with one attached hydrogen (secondary N) is 1. The van der Waals surface area contributed by atoms with Gasteiger partial charge in [-0.15, -0.1) is 0 Å². The highest BCUT2D eigenvalue weighted by atomic mass is 19.1. The number of benzene rings is 1. The second-order valence-corrected chi connectivity index (χ2v) is 3.96. The average molecular weight is 226 g/mol. The van der Waals surface area contributed by atoms with Crippen LogP contribution in [0.5, 0.6) is 5.75 Å². The van der Waals surface area contributed by atoms with Crippen LogP contribution in [0.25, 0.3) is 0 Å². The molecule has 0 spiro atoms. The second kappa shape index (κ2) is 5.82. The summed E-state index contributed by atoms with van der Waals surface area (Å²) in [5.41, 5.74) is 0.624. The van der Waals surface area contributed by atoms with Crippen LogP contribution in [0.4, 0.5) is 4.39 Å². The molecule has 0 aliphatic heterocycles. The predicted molar refractivity (Wildman–Crippen MR) is 63.0 cm³/mol. The molecule has 0 heterocycles. The van der Waals surface area contributed by atoms with Crippen molar-refractivity contribution in [2.45, 2.75) is 13.0 Å². The number of hydrogen-bond donors (Lipinski definition) is 2. The minimum atomic E-state index is -0.318. The molecule has 3 nitrogen and oxygen atoms in total. The van der Waals surface area contributed by atoms with Crippen LogP contribution >= 0.6 is 0 Å². The highest BCUT2D eigenvalue weighted by Crippen LogP contribution is 2.27. The molecule has 0 saturated heterocycles. The first kappa shape index (κ1) is 12.9. The van der Waals surface area contributed by atoms with Crippen LogP contribution in [0.15, 0.2) is 18.2 Å². The molecule has 0 saturated carbocycles. The minimum Gasteiger partial charge on any atom is -0.508 e. The van der Waals surface area contributed by atoms with Gasteiger partial charge < -0.3 is 10.4 Å². The van der Waals surface area contributed by atoms with Gasteiger partial charge in [-0.3, -0.25) is 4.90 Å². The standard InChI is InChI=1S/C12H19FN2O/c1-9(15(3)7-6-14-2)11-8-10(13)4-5-12(11)16/h4-5,8-9,14,16H,6-7H2,1-3H3. The number of phenols is 1. The van der Waals surface area contributed by atoms with Gasteiger partial charge in [-0.2, -0.15) is 0 Å². The van der Waals surface area contributed by atoms with E-state index in [-0.39, 0.29) is 17.6 Å². The number of rotatable bonds is 5. The van der Waals surface area contributed by atoms with Crippen molar-refractivity contribution in [3.63, 3.8) is 0 Å². The zero-order chi connectivity index (χ0) is 12.1. The van der Waals surface area contributed by atoms with E-state index in [2.05, 4.69) is 10.2 Å². The molecule has 1 aromatic carbocycles. The Hall–Kier alpha value is -1.13. The molecule has 0 aromatic heterocycles. The zero-order valence-electron chi connectivity index (χ0n) is 10.00. The smallest absolute Gasteiger partial charge is 0.123 e. The van der Waals surface area contributed by atoms with Crippen molar-refractivity contribution in [3.05, 3.63) is 29.6 Å². The Bertz CT molecular complexity index is 344. The van der Waals surface area contributed by atoms with Gasteiger partial charge in [-0.25, -0.2) is 4.39 Å². The molecule has 1 rings (SSSR count). The summed E-state index contributed by atoms with van der Waals surface area (Å²) in [4.78, 5) is 2.06. The first-order chi connectivity index (χ1) is 7.56. The van der Waals surface area contributed by atoms with Gasteiger partial charge in [0.05, 0.1) is 0 Å². The van der Waals surface area contributed by atoms with Crippen molar-refractivity contribution in [2.75, 3.05) is 27.2 Å². The summed E-state index contributed by atoms with van der Waals surface area (Å²) in [6.07, 6.45) is 0. The first-order valence-corrected chi connectivity index (χ1v) is 5.39. The molecule has 1 unspecified atom stereocenters. The lowest BCUT2D eigenvalue weighted by Crippen LogP contribution is -2.29. The number of likely N-dealkylation sites (N-methyl/N-ethyl adjacent to an activating group) is 2. The maximum atomic E-state index is 13.1. The highest BCUT2D eigenvalue weighted by Gasteiger charge is 2.15. The van der Waals surface area contributed by atoms with E-state index >= 15 is 0 Å². The van der Waals surface area contributed by atoms with Gasteiger partial charge in [0.2, 0.25) is 0 Å². The quantitative estimate of drug-likeness (QED) is 0.803. The normalized spacial score (nSPS) is 13.1. The molecule has 4 heteroatoms. The second-order valence-electron chi connectivity index (χ2n) is 3.96. The molecule has 0 amide bonds. The lowest BCUT2D eigenvalue weighted by Gasteiger charge is -2.25. The Morgan fingerprint density at radius 1 is 1.50 bits per heavy atom.